The zero-order valence-corrected chi connectivity index (χ0v) is 14.7. The molecule has 11 heteroatoms. The predicted molar refractivity (Wildman–Crippen MR) is 93.1 cm³/mol. The number of amides is 2. The molecule has 136 valence electrons. The smallest absolute Gasteiger partial charge is 0.387 e. The number of carbonyl (C=O) groups is 2. The van der Waals surface area contributed by atoms with Crippen LogP contribution in [0.5, 0.6) is 5.75 Å². The Kier molecular flexibility index (Phi) is 4.79. The number of hydrogen-bond acceptors (Lipinski definition) is 5. The van der Waals surface area contributed by atoms with Crippen LogP contribution in [0.15, 0.2) is 24.4 Å². The summed E-state index contributed by atoms with van der Waals surface area (Å²) in [6.07, 6.45) is 1.27. The highest BCUT2D eigenvalue weighted by Gasteiger charge is 2.23. The van der Waals surface area contributed by atoms with Gasteiger partial charge in [0.15, 0.2) is 0 Å². The molecule has 1 aromatic carbocycles. The maximum Gasteiger partial charge on any atom is 0.387 e. The highest BCUT2D eigenvalue weighted by Crippen LogP contribution is 2.41. The highest BCUT2D eigenvalue weighted by atomic mass is 35.5. The van der Waals surface area contributed by atoms with Crippen molar-refractivity contribution in [1.82, 2.24) is 9.78 Å². The molecule has 0 atom stereocenters. The molecule has 0 saturated carbocycles. The summed E-state index contributed by atoms with van der Waals surface area (Å²) in [5.74, 6) is -1.53. The van der Waals surface area contributed by atoms with Crippen LogP contribution < -0.4 is 15.8 Å². The summed E-state index contributed by atoms with van der Waals surface area (Å²) >= 11 is 7.23. The van der Waals surface area contributed by atoms with Crippen LogP contribution >= 0.6 is 22.9 Å². The number of primary amides is 1. The second kappa shape index (κ2) is 6.89. The fraction of sp³-hybridized carbons (Fsp3) is 0.133. The van der Waals surface area contributed by atoms with Crippen molar-refractivity contribution in [3.63, 3.8) is 0 Å². The first-order valence-corrected chi connectivity index (χ1v) is 8.28. The molecule has 0 aliphatic heterocycles. The van der Waals surface area contributed by atoms with E-state index in [1.807, 2.05) is 0 Å². The van der Waals surface area contributed by atoms with Crippen molar-refractivity contribution in [3.05, 3.63) is 40.0 Å². The molecule has 3 rings (SSSR count). The zero-order valence-electron chi connectivity index (χ0n) is 13.1. The summed E-state index contributed by atoms with van der Waals surface area (Å²) < 4.78 is 31.3. The lowest BCUT2D eigenvalue weighted by molar-refractivity contribution is -0.0487. The van der Waals surface area contributed by atoms with E-state index >= 15 is 0 Å². The second-order valence-electron chi connectivity index (χ2n) is 5.10. The van der Waals surface area contributed by atoms with E-state index in [2.05, 4.69) is 15.2 Å². The van der Waals surface area contributed by atoms with Gasteiger partial charge >= 0.3 is 6.61 Å². The van der Waals surface area contributed by atoms with Gasteiger partial charge in [-0.15, -0.1) is 11.3 Å². The van der Waals surface area contributed by atoms with E-state index < -0.39 is 18.4 Å². The Labute approximate surface area is 154 Å². The summed E-state index contributed by atoms with van der Waals surface area (Å²) in [6.45, 7) is -3.03. The zero-order chi connectivity index (χ0) is 19.0. The molecule has 0 bridgehead atoms. The van der Waals surface area contributed by atoms with Crippen LogP contribution in [-0.2, 0) is 7.05 Å². The minimum Gasteiger partial charge on any atom is -0.434 e. The van der Waals surface area contributed by atoms with Crippen LogP contribution in [0.2, 0.25) is 5.02 Å². The number of hydrogen-bond donors (Lipinski definition) is 2. The van der Waals surface area contributed by atoms with Crippen molar-refractivity contribution in [1.29, 1.82) is 0 Å². The lowest BCUT2D eigenvalue weighted by Gasteiger charge is -2.06. The number of aryl methyl sites for hydroxylation is 1. The first kappa shape index (κ1) is 18.1. The van der Waals surface area contributed by atoms with Crippen LogP contribution in [0.4, 0.5) is 14.5 Å². The van der Waals surface area contributed by atoms with Gasteiger partial charge in [0.25, 0.3) is 11.8 Å². The van der Waals surface area contributed by atoms with Crippen molar-refractivity contribution in [3.8, 4) is 5.75 Å². The number of alkyl halides is 2. The van der Waals surface area contributed by atoms with Gasteiger partial charge in [0.05, 0.1) is 22.3 Å². The molecule has 0 unspecified atom stereocenters. The fourth-order valence-electron chi connectivity index (χ4n) is 2.42. The molecule has 2 amide bonds. The number of nitrogens with zero attached hydrogens (tertiary/aromatic N) is 2. The number of carbonyl (C=O) groups excluding carboxylic acids is 2. The molecule has 2 heterocycles. The first-order valence-electron chi connectivity index (χ1n) is 7.08. The molecule has 3 aromatic rings. The highest BCUT2D eigenvalue weighted by molar-refractivity contribution is 7.21. The van der Waals surface area contributed by atoms with Crippen molar-refractivity contribution in [2.75, 3.05) is 5.32 Å². The Balaban J connectivity index is 2.00. The van der Waals surface area contributed by atoms with Crippen molar-refractivity contribution in [2.24, 2.45) is 12.8 Å². The molecule has 0 spiro atoms. The largest absolute Gasteiger partial charge is 0.434 e. The van der Waals surface area contributed by atoms with E-state index in [9.17, 15) is 18.4 Å². The topological polar surface area (TPSA) is 99.2 Å². The monoisotopic (exact) mass is 400 g/mol. The maximum absolute atomic E-state index is 12.6. The molecule has 26 heavy (non-hydrogen) atoms. The van der Waals surface area contributed by atoms with E-state index in [0.29, 0.717) is 4.70 Å². The summed E-state index contributed by atoms with van der Waals surface area (Å²) in [5.41, 5.74) is 5.39. The lowest BCUT2D eigenvalue weighted by atomic mass is 10.2. The third-order valence-corrected chi connectivity index (χ3v) is 5.11. The molecular weight excluding hydrogens is 390 g/mol. The average molecular weight is 401 g/mol. The van der Waals surface area contributed by atoms with Crippen LogP contribution in [0.3, 0.4) is 0 Å². The standard InChI is InChI=1S/C15H11ClF2N4O3S/c1-22-11(13(19)23)6(5-20-22)21-14(24)12-10(16)9-7(25-15(17)18)3-2-4-8(9)26-12/h2-5,15H,1H3,(H2,19,23)(H,21,24). The number of ether oxygens (including phenoxy) is 1. The number of fused-ring (bicyclic) bond motifs is 1. The quantitative estimate of drug-likeness (QED) is 0.686. The molecule has 0 aliphatic rings. The fourth-order valence-corrected chi connectivity index (χ4v) is 3.88. The van der Waals surface area contributed by atoms with Crippen molar-refractivity contribution < 1.29 is 23.1 Å². The lowest BCUT2D eigenvalue weighted by Crippen LogP contribution is -2.20. The van der Waals surface area contributed by atoms with Gasteiger partial charge in [0.1, 0.15) is 16.3 Å². The third kappa shape index (κ3) is 3.20. The average Bonchev–Trinajstić information content (AvgIpc) is 3.08. The number of aromatic nitrogens is 2. The van der Waals surface area contributed by atoms with Gasteiger partial charge in [-0.1, -0.05) is 17.7 Å². The van der Waals surface area contributed by atoms with Crippen LogP contribution in [0.25, 0.3) is 10.1 Å². The van der Waals surface area contributed by atoms with Gasteiger partial charge in [-0.3, -0.25) is 14.3 Å². The van der Waals surface area contributed by atoms with Gasteiger partial charge in [-0.05, 0) is 12.1 Å². The molecule has 7 nitrogen and oxygen atoms in total. The van der Waals surface area contributed by atoms with Crippen LogP contribution in [0, 0.1) is 0 Å². The molecule has 0 fully saturated rings. The summed E-state index contributed by atoms with van der Waals surface area (Å²) in [6, 6.07) is 4.47. The minimum atomic E-state index is -3.03. The van der Waals surface area contributed by atoms with Gasteiger partial charge < -0.3 is 15.8 Å². The van der Waals surface area contributed by atoms with Crippen LogP contribution in [-0.4, -0.2) is 28.2 Å². The van der Waals surface area contributed by atoms with E-state index in [1.165, 1.54) is 30.1 Å². The molecule has 0 saturated heterocycles. The van der Waals surface area contributed by atoms with Crippen molar-refractivity contribution >= 4 is 50.5 Å². The summed E-state index contributed by atoms with van der Waals surface area (Å²) in [5, 5.41) is 6.56. The summed E-state index contributed by atoms with van der Waals surface area (Å²) in [4.78, 5) is 24.1. The number of benzene rings is 1. The number of halogens is 3. The number of thiophene rings is 1. The van der Waals surface area contributed by atoms with Gasteiger partial charge in [-0.2, -0.15) is 13.9 Å². The Morgan fingerprint density at radius 2 is 2.15 bits per heavy atom. The molecule has 3 N–H and O–H groups in total. The SMILES string of the molecule is Cn1ncc(NC(=O)c2sc3cccc(OC(F)F)c3c2Cl)c1C(N)=O. The van der Waals surface area contributed by atoms with Gasteiger partial charge in [0, 0.05) is 11.7 Å². The Morgan fingerprint density at radius 3 is 2.81 bits per heavy atom. The Hall–Kier alpha value is -2.72. The van der Waals surface area contributed by atoms with Crippen molar-refractivity contribution in [2.45, 2.75) is 6.61 Å². The normalized spacial score (nSPS) is 11.1. The molecule has 0 radical (unpaired) electrons. The van der Waals surface area contributed by atoms with E-state index in [4.69, 9.17) is 17.3 Å². The van der Waals surface area contributed by atoms with E-state index in [1.54, 1.807) is 6.07 Å². The number of nitrogens with two attached hydrogens (primary N) is 1. The van der Waals surface area contributed by atoms with Gasteiger partial charge in [0.2, 0.25) is 0 Å². The van der Waals surface area contributed by atoms with E-state index in [-0.39, 0.29) is 32.4 Å². The number of nitrogens with one attached hydrogen (secondary N) is 1. The van der Waals surface area contributed by atoms with Crippen LogP contribution in [0.1, 0.15) is 20.2 Å². The minimum absolute atomic E-state index is 0.0114. The van der Waals surface area contributed by atoms with E-state index in [0.717, 1.165) is 11.3 Å². The first-order chi connectivity index (χ1) is 12.3. The third-order valence-electron chi connectivity index (χ3n) is 3.46. The molecule has 2 aromatic heterocycles. The summed E-state index contributed by atoms with van der Waals surface area (Å²) in [7, 11) is 1.50. The predicted octanol–water partition coefficient (Wildman–Crippen LogP) is 3.24. The second-order valence-corrected chi connectivity index (χ2v) is 6.53. The van der Waals surface area contributed by atoms with Gasteiger partial charge in [-0.25, -0.2) is 0 Å². The molecular formula is C15H11ClF2N4O3S. The number of rotatable bonds is 5. The Morgan fingerprint density at radius 1 is 1.42 bits per heavy atom. The molecule has 0 aliphatic carbocycles. The number of anilines is 1. The maximum atomic E-state index is 12.6. The Bertz CT molecular complexity index is 1020.